The predicted octanol–water partition coefficient (Wildman–Crippen LogP) is 1.78. The van der Waals surface area contributed by atoms with Crippen molar-refractivity contribution in [1.29, 1.82) is 0 Å². The monoisotopic (exact) mass is 304 g/mol. The van der Waals surface area contributed by atoms with Gasteiger partial charge in [-0.25, -0.2) is 8.42 Å². The van der Waals surface area contributed by atoms with Crippen LogP contribution in [0.4, 0.5) is 0 Å². The molecule has 0 amide bonds. The van der Waals surface area contributed by atoms with Crippen molar-refractivity contribution in [3.05, 3.63) is 29.8 Å². The second-order valence-electron chi connectivity index (χ2n) is 4.65. The third-order valence-corrected chi connectivity index (χ3v) is 5.18. The summed E-state index contributed by atoms with van der Waals surface area (Å²) in [7, 11) is -3.31. The Morgan fingerprint density at radius 2 is 1.84 bits per heavy atom. The molecule has 1 aliphatic rings. The lowest BCUT2D eigenvalue weighted by Gasteiger charge is -2.26. The van der Waals surface area contributed by atoms with Crippen molar-refractivity contribution in [2.75, 3.05) is 19.6 Å². The fraction of sp³-hybridized carbons (Fsp3) is 0.538. The van der Waals surface area contributed by atoms with Gasteiger partial charge in [-0.3, -0.25) is 0 Å². The Labute approximate surface area is 121 Å². The molecule has 0 aromatic heterocycles. The Morgan fingerprint density at radius 3 is 2.47 bits per heavy atom. The molecular formula is C13H21ClN2O2S. The van der Waals surface area contributed by atoms with Gasteiger partial charge in [-0.2, -0.15) is 4.31 Å². The number of rotatable bonds is 4. The lowest BCUT2D eigenvalue weighted by atomic mass is 10.2. The number of nitrogens with zero attached hydrogens (tertiary/aromatic N) is 1. The van der Waals surface area contributed by atoms with Crippen molar-refractivity contribution in [3.8, 4) is 0 Å². The van der Waals surface area contributed by atoms with Crippen LogP contribution in [0.15, 0.2) is 29.2 Å². The molecule has 1 aliphatic heterocycles. The molecule has 1 fully saturated rings. The number of hydrogen-bond donors (Lipinski definition) is 1. The molecular weight excluding hydrogens is 284 g/mol. The molecule has 19 heavy (non-hydrogen) atoms. The van der Waals surface area contributed by atoms with E-state index >= 15 is 0 Å². The largest absolute Gasteiger partial charge is 0.330 e. The second kappa shape index (κ2) is 7.24. The van der Waals surface area contributed by atoms with Crippen molar-refractivity contribution in [1.82, 2.24) is 4.31 Å². The van der Waals surface area contributed by atoms with Gasteiger partial charge in [0.25, 0.3) is 0 Å². The van der Waals surface area contributed by atoms with Gasteiger partial charge in [0.15, 0.2) is 0 Å². The van der Waals surface area contributed by atoms with Crippen molar-refractivity contribution in [2.45, 2.75) is 30.6 Å². The Balaban J connectivity index is 0.00000180. The molecule has 2 N–H and O–H groups in total. The number of nitrogens with two attached hydrogens (primary N) is 1. The normalized spacial score (nSPS) is 16.9. The highest BCUT2D eigenvalue weighted by Crippen LogP contribution is 2.21. The molecule has 1 aromatic rings. The molecule has 0 aliphatic carbocycles. The van der Waals surface area contributed by atoms with E-state index in [2.05, 4.69) is 0 Å². The summed E-state index contributed by atoms with van der Waals surface area (Å²) in [6.45, 7) is 1.82. The molecule has 0 spiro atoms. The summed E-state index contributed by atoms with van der Waals surface area (Å²) in [6, 6.07) is 7.13. The van der Waals surface area contributed by atoms with Crippen molar-refractivity contribution >= 4 is 22.4 Å². The average molecular weight is 305 g/mol. The van der Waals surface area contributed by atoms with Gasteiger partial charge in [-0.1, -0.05) is 18.6 Å². The van der Waals surface area contributed by atoms with Gasteiger partial charge in [0.1, 0.15) is 0 Å². The van der Waals surface area contributed by atoms with Gasteiger partial charge in [0, 0.05) is 13.1 Å². The zero-order valence-corrected chi connectivity index (χ0v) is 12.5. The number of piperidine rings is 1. The molecule has 0 saturated carbocycles. The maximum absolute atomic E-state index is 12.4. The van der Waals surface area contributed by atoms with E-state index in [1.54, 1.807) is 22.5 Å². The Morgan fingerprint density at radius 1 is 1.16 bits per heavy atom. The number of hydrogen-bond acceptors (Lipinski definition) is 3. The van der Waals surface area contributed by atoms with Crippen LogP contribution in [0.2, 0.25) is 0 Å². The highest BCUT2D eigenvalue weighted by Gasteiger charge is 2.25. The number of benzene rings is 1. The maximum atomic E-state index is 12.4. The van der Waals surface area contributed by atoms with Crippen LogP contribution in [0, 0.1) is 0 Å². The molecule has 0 bridgehead atoms. The standard InChI is InChI=1S/C13H20N2O2S.ClH/c14-8-7-12-5-4-6-13(11-12)18(16,17)15-9-2-1-3-10-15;/h4-6,11H,1-3,7-10,14H2;1H. The summed E-state index contributed by atoms with van der Waals surface area (Å²) in [5.41, 5.74) is 6.48. The van der Waals surface area contributed by atoms with Gasteiger partial charge in [-0.15, -0.1) is 12.4 Å². The molecule has 0 unspecified atom stereocenters. The van der Waals surface area contributed by atoms with E-state index < -0.39 is 10.0 Å². The van der Waals surface area contributed by atoms with Crippen LogP contribution in [0.5, 0.6) is 0 Å². The Hall–Kier alpha value is -0.620. The fourth-order valence-corrected chi connectivity index (χ4v) is 3.87. The summed E-state index contributed by atoms with van der Waals surface area (Å²) in [5.74, 6) is 0. The van der Waals surface area contributed by atoms with E-state index in [0.717, 1.165) is 24.8 Å². The molecule has 108 valence electrons. The third-order valence-electron chi connectivity index (χ3n) is 3.28. The van der Waals surface area contributed by atoms with Gasteiger partial charge in [-0.05, 0) is 43.5 Å². The third kappa shape index (κ3) is 3.92. The molecule has 6 heteroatoms. The minimum atomic E-state index is -3.31. The Bertz CT molecular complexity index is 499. The van der Waals surface area contributed by atoms with E-state index in [9.17, 15) is 8.42 Å². The molecule has 1 aromatic carbocycles. The minimum Gasteiger partial charge on any atom is -0.330 e. The van der Waals surface area contributed by atoms with Crippen molar-refractivity contribution in [2.24, 2.45) is 5.73 Å². The second-order valence-corrected chi connectivity index (χ2v) is 6.59. The lowest BCUT2D eigenvalue weighted by molar-refractivity contribution is 0.346. The highest BCUT2D eigenvalue weighted by molar-refractivity contribution is 7.89. The average Bonchev–Trinajstić information content (AvgIpc) is 2.40. The van der Waals surface area contributed by atoms with Gasteiger partial charge in [0.05, 0.1) is 4.90 Å². The van der Waals surface area contributed by atoms with Crippen LogP contribution >= 0.6 is 12.4 Å². The molecule has 1 saturated heterocycles. The topological polar surface area (TPSA) is 63.4 Å². The maximum Gasteiger partial charge on any atom is 0.243 e. The lowest BCUT2D eigenvalue weighted by Crippen LogP contribution is -2.35. The first kappa shape index (κ1) is 16.4. The van der Waals surface area contributed by atoms with Crippen LogP contribution in [-0.2, 0) is 16.4 Å². The van der Waals surface area contributed by atoms with Crippen LogP contribution in [0.1, 0.15) is 24.8 Å². The molecule has 0 radical (unpaired) electrons. The summed E-state index contributed by atoms with van der Waals surface area (Å²) in [4.78, 5) is 0.398. The molecule has 0 atom stereocenters. The fourth-order valence-electron chi connectivity index (χ4n) is 2.28. The highest BCUT2D eigenvalue weighted by atomic mass is 35.5. The predicted molar refractivity (Wildman–Crippen MR) is 79.1 cm³/mol. The summed E-state index contributed by atoms with van der Waals surface area (Å²) in [5, 5.41) is 0. The quantitative estimate of drug-likeness (QED) is 0.922. The van der Waals surface area contributed by atoms with Crippen LogP contribution in [-0.4, -0.2) is 32.4 Å². The van der Waals surface area contributed by atoms with E-state index in [1.807, 2.05) is 6.07 Å². The van der Waals surface area contributed by atoms with Crippen LogP contribution < -0.4 is 5.73 Å². The van der Waals surface area contributed by atoms with E-state index in [0.29, 0.717) is 31.0 Å². The van der Waals surface area contributed by atoms with Crippen LogP contribution in [0.3, 0.4) is 0 Å². The summed E-state index contributed by atoms with van der Waals surface area (Å²) >= 11 is 0. The first-order valence-electron chi connectivity index (χ1n) is 6.44. The zero-order valence-electron chi connectivity index (χ0n) is 10.9. The molecule has 1 heterocycles. The smallest absolute Gasteiger partial charge is 0.243 e. The molecule has 2 rings (SSSR count). The summed E-state index contributed by atoms with van der Waals surface area (Å²) in [6.07, 6.45) is 3.76. The number of halogens is 1. The first-order chi connectivity index (χ1) is 8.64. The van der Waals surface area contributed by atoms with Crippen molar-refractivity contribution < 1.29 is 8.42 Å². The van der Waals surface area contributed by atoms with Gasteiger partial charge in [0.2, 0.25) is 10.0 Å². The van der Waals surface area contributed by atoms with E-state index in [4.69, 9.17) is 5.73 Å². The van der Waals surface area contributed by atoms with Gasteiger partial charge >= 0.3 is 0 Å². The van der Waals surface area contributed by atoms with Crippen molar-refractivity contribution in [3.63, 3.8) is 0 Å². The minimum absolute atomic E-state index is 0. The van der Waals surface area contributed by atoms with Gasteiger partial charge < -0.3 is 5.73 Å². The Kier molecular flexibility index (Phi) is 6.26. The van der Waals surface area contributed by atoms with E-state index in [-0.39, 0.29) is 12.4 Å². The number of sulfonamides is 1. The molecule has 4 nitrogen and oxygen atoms in total. The van der Waals surface area contributed by atoms with E-state index in [1.165, 1.54) is 0 Å². The zero-order chi connectivity index (χ0) is 13.0. The summed E-state index contributed by atoms with van der Waals surface area (Å²) < 4.78 is 26.5. The van der Waals surface area contributed by atoms with Crippen LogP contribution in [0.25, 0.3) is 0 Å². The first-order valence-corrected chi connectivity index (χ1v) is 7.88. The SMILES string of the molecule is Cl.NCCc1cccc(S(=O)(=O)N2CCCCC2)c1.